The van der Waals surface area contributed by atoms with Gasteiger partial charge in [0.05, 0.1) is 4.90 Å². The third-order valence-corrected chi connectivity index (χ3v) is 2.93. The largest absolute Gasteiger partial charge is 0.507 e. The monoisotopic (exact) mass is 234 g/mol. The molecule has 0 heterocycles. The molecule has 0 aliphatic carbocycles. The second-order valence-electron chi connectivity index (χ2n) is 3.25. The summed E-state index contributed by atoms with van der Waals surface area (Å²) in [5.41, 5.74) is 5.24. The zero-order chi connectivity index (χ0) is 11.7. The molecule has 5 heteroatoms. The van der Waals surface area contributed by atoms with E-state index < -0.39 is 0 Å². The van der Waals surface area contributed by atoms with Gasteiger partial charge in [-0.2, -0.15) is 0 Å². The topological polar surface area (TPSA) is 90.3 Å². The molecular weight excluding hydrogens is 224 g/mol. The van der Waals surface area contributed by atoms with Crippen LogP contribution in [0.15, 0.2) is 35.2 Å². The average Bonchev–Trinajstić information content (AvgIpc) is 2.25. The van der Waals surface area contributed by atoms with Crippen LogP contribution < -0.4 is 5.73 Å². The lowest BCUT2D eigenvalue weighted by Gasteiger charge is -2.08. The first-order valence-electron chi connectivity index (χ1n) is 4.55. The van der Waals surface area contributed by atoms with Crippen LogP contribution in [0.3, 0.4) is 0 Å². The van der Waals surface area contributed by atoms with Gasteiger partial charge in [0.15, 0.2) is 5.17 Å². The van der Waals surface area contributed by atoms with Crippen LogP contribution in [-0.2, 0) is 0 Å². The number of nitrogens with two attached hydrogens (primary N) is 1. The van der Waals surface area contributed by atoms with Crippen LogP contribution in [0.4, 0.5) is 0 Å². The van der Waals surface area contributed by atoms with Crippen molar-refractivity contribution < 1.29 is 10.2 Å². The van der Waals surface area contributed by atoms with Crippen molar-refractivity contribution in [3.8, 4) is 11.5 Å². The van der Waals surface area contributed by atoms with E-state index in [1.807, 2.05) is 0 Å². The Labute approximate surface area is 96.2 Å². The van der Waals surface area contributed by atoms with Crippen LogP contribution in [-0.4, -0.2) is 15.4 Å². The van der Waals surface area contributed by atoms with E-state index in [-0.39, 0.29) is 16.7 Å². The minimum atomic E-state index is -0.134. The molecule has 0 radical (unpaired) electrons. The van der Waals surface area contributed by atoms with E-state index in [9.17, 15) is 10.2 Å². The Morgan fingerprint density at radius 2 is 1.81 bits per heavy atom. The van der Waals surface area contributed by atoms with Crippen molar-refractivity contribution in [3.05, 3.63) is 30.3 Å². The van der Waals surface area contributed by atoms with E-state index in [1.165, 1.54) is 6.07 Å². The average molecular weight is 234 g/mol. The summed E-state index contributed by atoms with van der Waals surface area (Å²) in [5.74, 6) is 0.103. The Morgan fingerprint density at radius 3 is 2.44 bits per heavy atom. The molecule has 0 spiro atoms. The molecule has 0 aromatic heterocycles. The van der Waals surface area contributed by atoms with Crippen molar-refractivity contribution in [1.29, 1.82) is 5.41 Å². The van der Waals surface area contributed by atoms with E-state index in [0.29, 0.717) is 15.7 Å². The molecule has 0 saturated heterocycles. The van der Waals surface area contributed by atoms with Crippen LogP contribution in [0.2, 0.25) is 0 Å². The van der Waals surface area contributed by atoms with Crippen LogP contribution >= 0.6 is 11.8 Å². The summed E-state index contributed by atoms with van der Waals surface area (Å²) in [4.78, 5) is 0.378. The zero-order valence-electron chi connectivity index (χ0n) is 8.27. The maximum absolute atomic E-state index is 9.94. The van der Waals surface area contributed by atoms with Gasteiger partial charge < -0.3 is 15.9 Å². The first kappa shape index (κ1) is 10.6. The van der Waals surface area contributed by atoms with Gasteiger partial charge in [-0.15, -0.1) is 0 Å². The number of thioether (sulfide) groups is 1. The molecule has 16 heavy (non-hydrogen) atoms. The number of nitrogens with one attached hydrogen (secondary N) is 1. The fourth-order valence-electron chi connectivity index (χ4n) is 1.51. The normalized spacial score (nSPS) is 10.5. The quantitative estimate of drug-likeness (QED) is 0.263. The van der Waals surface area contributed by atoms with Crippen LogP contribution in [0.25, 0.3) is 10.8 Å². The van der Waals surface area contributed by atoms with Gasteiger partial charge in [-0.1, -0.05) is 24.3 Å². The predicted octanol–water partition coefficient (Wildman–Crippen LogP) is 2.24. The van der Waals surface area contributed by atoms with Crippen LogP contribution in [0, 0.1) is 5.41 Å². The Hall–Kier alpha value is -1.88. The number of rotatable bonds is 1. The van der Waals surface area contributed by atoms with E-state index >= 15 is 0 Å². The van der Waals surface area contributed by atoms with Crippen molar-refractivity contribution in [2.75, 3.05) is 0 Å². The smallest absolute Gasteiger partial charge is 0.156 e. The van der Waals surface area contributed by atoms with Crippen molar-refractivity contribution in [2.24, 2.45) is 5.73 Å². The summed E-state index contributed by atoms with van der Waals surface area (Å²) in [6, 6.07) is 8.37. The van der Waals surface area contributed by atoms with Gasteiger partial charge in [0.25, 0.3) is 0 Å². The molecule has 2 aromatic rings. The third-order valence-electron chi connectivity index (χ3n) is 2.18. The maximum Gasteiger partial charge on any atom is 0.156 e. The number of phenols is 2. The molecule has 5 N–H and O–H groups in total. The molecule has 0 saturated carbocycles. The van der Waals surface area contributed by atoms with Gasteiger partial charge in [0, 0.05) is 10.8 Å². The summed E-state index contributed by atoms with van der Waals surface area (Å²) >= 11 is 0.905. The molecule has 0 amide bonds. The molecule has 0 aliphatic rings. The standard InChI is InChI=1S/C11H10N2O2S/c12-11(13)16-9-5-8(14)6-3-1-2-4-7(6)10(9)15/h1-5,14-15H,(H3,12,13). The minimum Gasteiger partial charge on any atom is -0.507 e. The fraction of sp³-hybridized carbons (Fsp3) is 0. The lowest BCUT2D eigenvalue weighted by atomic mass is 10.1. The Kier molecular flexibility index (Phi) is 2.62. The van der Waals surface area contributed by atoms with E-state index in [2.05, 4.69) is 0 Å². The first-order valence-corrected chi connectivity index (χ1v) is 5.37. The summed E-state index contributed by atoms with van der Waals surface area (Å²) in [6.45, 7) is 0. The highest BCUT2D eigenvalue weighted by Gasteiger charge is 2.11. The summed E-state index contributed by atoms with van der Waals surface area (Å²) in [6.07, 6.45) is 0. The van der Waals surface area contributed by atoms with Crippen molar-refractivity contribution >= 4 is 27.7 Å². The Morgan fingerprint density at radius 1 is 1.19 bits per heavy atom. The van der Waals surface area contributed by atoms with Crippen LogP contribution in [0.5, 0.6) is 11.5 Å². The SMILES string of the molecule is N=C(N)Sc1cc(O)c2ccccc2c1O. The Bertz CT molecular complexity index is 569. The van der Waals surface area contributed by atoms with Gasteiger partial charge in [0.1, 0.15) is 11.5 Å². The van der Waals surface area contributed by atoms with Crippen LogP contribution in [0.1, 0.15) is 0 Å². The minimum absolute atomic E-state index is 0.0357. The van der Waals surface area contributed by atoms with Gasteiger partial charge in [-0.05, 0) is 17.8 Å². The zero-order valence-corrected chi connectivity index (χ0v) is 9.08. The molecule has 0 bridgehead atoms. The molecule has 4 nitrogen and oxygen atoms in total. The molecule has 0 fully saturated rings. The van der Waals surface area contributed by atoms with Gasteiger partial charge in [-0.3, -0.25) is 5.41 Å². The van der Waals surface area contributed by atoms with Crippen molar-refractivity contribution in [2.45, 2.75) is 4.90 Å². The van der Waals surface area contributed by atoms with Gasteiger partial charge >= 0.3 is 0 Å². The maximum atomic E-state index is 9.94. The third kappa shape index (κ3) is 1.77. The number of phenolic OH excluding ortho intramolecular Hbond substituents is 2. The summed E-state index contributed by atoms with van der Waals surface area (Å²) in [5, 5.41) is 27.8. The number of hydrogen-bond acceptors (Lipinski definition) is 4. The second-order valence-corrected chi connectivity index (χ2v) is 4.34. The number of fused-ring (bicyclic) bond motifs is 1. The predicted molar refractivity (Wildman–Crippen MR) is 65.0 cm³/mol. The highest BCUT2D eigenvalue weighted by molar-refractivity contribution is 8.13. The van der Waals surface area contributed by atoms with E-state index in [4.69, 9.17) is 11.1 Å². The fourth-order valence-corrected chi connectivity index (χ4v) is 2.13. The second kappa shape index (κ2) is 3.94. The number of hydrogen-bond donors (Lipinski definition) is 4. The molecule has 0 unspecified atom stereocenters. The lowest BCUT2D eigenvalue weighted by molar-refractivity contribution is 0.458. The lowest BCUT2D eigenvalue weighted by Crippen LogP contribution is -2.02. The number of amidine groups is 1. The summed E-state index contributed by atoms with van der Waals surface area (Å²) < 4.78 is 0. The number of aromatic hydroxyl groups is 2. The molecule has 2 aromatic carbocycles. The Balaban J connectivity index is 2.70. The highest BCUT2D eigenvalue weighted by Crippen LogP contribution is 2.39. The van der Waals surface area contributed by atoms with Gasteiger partial charge in [-0.25, -0.2) is 0 Å². The first-order chi connectivity index (χ1) is 7.59. The van der Waals surface area contributed by atoms with E-state index in [0.717, 1.165) is 11.8 Å². The van der Waals surface area contributed by atoms with Gasteiger partial charge in [0.2, 0.25) is 0 Å². The van der Waals surface area contributed by atoms with Crippen molar-refractivity contribution in [1.82, 2.24) is 0 Å². The van der Waals surface area contributed by atoms with E-state index in [1.54, 1.807) is 24.3 Å². The summed E-state index contributed by atoms with van der Waals surface area (Å²) in [7, 11) is 0. The molecular formula is C11H10N2O2S. The van der Waals surface area contributed by atoms with Crippen molar-refractivity contribution in [3.63, 3.8) is 0 Å². The molecule has 0 atom stereocenters. The highest BCUT2D eigenvalue weighted by atomic mass is 32.2. The number of benzene rings is 2. The molecule has 0 aliphatic heterocycles. The molecule has 2 rings (SSSR count). The molecule has 82 valence electrons.